The molecular weight excluding hydrogens is 999 g/mol. The average Bonchev–Trinajstić information content (AvgIpc) is 3.36. The maximum atomic E-state index is 10.8. The van der Waals surface area contributed by atoms with Crippen molar-refractivity contribution in [2.45, 2.75) is 76.2 Å². The molecule has 20 N–H and O–H groups in total. The molecule has 0 spiro atoms. The summed E-state index contributed by atoms with van der Waals surface area (Å²) in [5.74, 6) is 0.182. The average molecular weight is 1100 g/mol. The molecular formula is C48H103N13O15. The third-order valence-corrected chi connectivity index (χ3v) is 6.27. The highest BCUT2D eigenvalue weighted by Crippen LogP contribution is 1.80. The lowest BCUT2D eigenvalue weighted by Crippen LogP contribution is -2.30. The second-order valence-electron chi connectivity index (χ2n) is 12.9. The van der Waals surface area contributed by atoms with Gasteiger partial charge in [-0.1, -0.05) is 39.5 Å². The number of carbonyl (C=O) groups excluding carboxylic acids is 3. The Morgan fingerprint density at radius 3 is 0.776 bits per heavy atom. The molecule has 0 saturated carbocycles. The van der Waals surface area contributed by atoms with E-state index in [9.17, 15) is 24.0 Å². The molecule has 0 heterocycles. The Balaban J connectivity index is -0.0000000957. The van der Waals surface area contributed by atoms with Crippen LogP contribution in [-0.2, 0) is 43.0 Å². The van der Waals surface area contributed by atoms with Crippen molar-refractivity contribution in [3.05, 3.63) is 74.4 Å². The van der Waals surface area contributed by atoms with Crippen LogP contribution in [0, 0.1) is 0 Å². The van der Waals surface area contributed by atoms with E-state index in [1.54, 1.807) is 20.8 Å². The van der Waals surface area contributed by atoms with Crippen LogP contribution in [0.25, 0.3) is 0 Å². The van der Waals surface area contributed by atoms with Crippen LogP contribution in [0.5, 0.6) is 0 Å². The smallest absolute Gasteiger partial charge is 0.331 e. The van der Waals surface area contributed by atoms with Crippen molar-refractivity contribution in [1.82, 2.24) is 63.8 Å². The first-order chi connectivity index (χ1) is 35.8. The van der Waals surface area contributed by atoms with Gasteiger partial charge in [-0.05, 0) is 76.2 Å². The molecule has 0 aromatic carbocycles. The standard InChI is InChI=1S/C8H16N2O2.2C6H12N2O2.C6H14N2O.2C6H14N2.C4H9NO2.C4H8O3.C2H4O3/c1-4-9-7(3)10-6-8(11)12-5-2;2*1-3-7-5(2)8-4-6(9)10;1-3-7-6(2)8-4-5-9;2*1-4-7-6(3)8-5-2;2*1-2-7-4(6)3-5;3-1-2(4)5/h9-10H,3-6H2,1-2H3;2*7-8H,2-4H2,1H3,(H,9,10);7-9H,2-5H2,1H3;2*7-8H,3-5H2,1-2H3;2-3,5H2,1H3;5H,2-3H2,1H3;3H,1H2,(H,4,5). The van der Waals surface area contributed by atoms with Crippen LogP contribution in [-0.4, -0.2) is 191 Å². The number of carbonyl (C=O) groups is 6. The van der Waals surface area contributed by atoms with Crippen molar-refractivity contribution in [1.29, 1.82) is 0 Å². The van der Waals surface area contributed by atoms with E-state index < -0.39 is 37.1 Å². The normalized spacial score (nSPS) is 8.41. The number of carboxylic acids is 3. The monoisotopic (exact) mass is 1100 g/mol. The molecule has 76 heavy (non-hydrogen) atoms. The number of aliphatic hydroxyl groups excluding tert-OH is 3. The van der Waals surface area contributed by atoms with Gasteiger partial charge >= 0.3 is 35.8 Å². The summed E-state index contributed by atoms with van der Waals surface area (Å²) in [7, 11) is 0. The highest BCUT2D eigenvalue weighted by molar-refractivity contribution is 5.72. The molecule has 0 bridgehead atoms. The summed E-state index contributed by atoms with van der Waals surface area (Å²) in [5, 5.41) is 82.3. The maximum absolute atomic E-state index is 10.8. The summed E-state index contributed by atoms with van der Waals surface area (Å²) in [4.78, 5) is 59.9. The van der Waals surface area contributed by atoms with E-state index in [0.717, 1.165) is 69.8 Å². The van der Waals surface area contributed by atoms with Gasteiger partial charge in [-0.25, -0.2) is 9.59 Å². The van der Waals surface area contributed by atoms with Crippen LogP contribution >= 0.6 is 0 Å². The van der Waals surface area contributed by atoms with Crippen LogP contribution in [0.2, 0.25) is 0 Å². The molecule has 28 nitrogen and oxygen atoms in total. The number of esters is 3. The fourth-order valence-corrected chi connectivity index (χ4v) is 3.47. The lowest BCUT2D eigenvalue weighted by atomic mass is 10.6. The zero-order valence-electron chi connectivity index (χ0n) is 47.6. The van der Waals surface area contributed by atoms with Crippen LogP contribution in [0.15, 0.2) is 74.4 Å². The van der Waals surface area contributed by atoms with Gasteiger partial charge in [0.25, 0.3) is 0 Å². The molecule has 0 aliphatic heterocycles. The number of carboxylic acid groups (broad SMARTS) is 3. The Morgan fingerprint density at radius 2 is 0.592 bits per heavy atom. The Morgan fingerprint density at radius 1 is 0.355 bits per heavy atom. The van der Waals surface area contributed by atoms with Gasteiger partial charge in [0.2, 0.25) is 0 Å². The van der Waals surface area contributed by atoms with Gasteiger partial charge in [0.1, 0.15) is 32.8 Å². The molecule has 0 saturated heterocycles. The first-order valence-electron chi connectivity index (χ1n) is 24.5. The van der Waals surface area contributed by atoms with E-state index in [4.69, 9.17) is 45.9 Å². The third kappa shape index (κ3) is 112. The van der Waals surface area contributed by atoms with Gasteiger partial charge < -0.3 is 114 Å². The molecule has 0 atom stereocenters. The quantitative estimate of drug-likeness (QED) is 0.0266. The first kappa shape index (κ1) is 88.3. The van der Waals surface area contributed by atoms with Crippen molar-refractivity contribution >= 4 is 35.8 Å². The largest absolute Gasteiger partial charge is 0.480 e. The fourth-order valence-electron chi connectivity index (χ4n) is 3.47. The highest BCUT2D eigenvalue weighted by Gasteiger charge is 2.00. The summed E-state index contributed by atoms with van der Waals surface area (Å²) in [6.45, 7) is 50.3. The number of hydrogen-bond donors (Lipinski definition) is 19. The summed E-state index contributed by atoms with van der Waals surface area (Å²) < 4.78 is 13.4. The van der Waals surface area contributed by atoms with Gasteiger partial charge in [-0.3, -0.25) is 19.2 Å². The second-order valence-corrected chi connectivity index (χ2v) is 12.9. The van der Waals surface area contributed by atoms with E-state index in [-0.39, 0.29) is 44.7 Å². The summed E-state index contributed by atoms with van der Waals surface area (Å²) >= 11 is 0. The minimum atomic E-state index is -1.19. The minimum absolute atomic E-state index is 0.0200. The van der Waals surface area contributed by atoms with Gasteiger partial charge in [0.05, 0.1) is 67.9 Å². The molecule has 0 unspecified atom stereocenters. The first-order valence-corrected chi connectivity index (χ1v) is 24.5. The zero-order valence-corrected chi connectivity index (χ0v) is 47.6. The van der Waals surface area contributed by atoms with Gasteiger partial charge in [-0.2, -0.15) is 0 Å². The van der Waals surface area contributed by atoms with Gasteiger partial charge in [0.15, 0.2) is 0 Å². The molecule has 0 aromatic heterocycles. The predicted molar refractivity (Wildman–Crippen MR) is 299 cm³/mol. The summed E-state index contributed by atoms with van der Waals surface area (Å²) in [5.41, 5.74) is 4.88. The number of aliphatic carboxylic acids is 3. The summed E-state index contributed by atoms with van der Waals surface area (Å²) in [6.07, 6.45) is 0. The zero-order chi connectivity index (χ0) is 61.0. The third-order valence-electron chi connectivity index (χ3n) is 6.27. The number of ether oxygens (including phenoxy) is 3. The van der Waals surface area contributed by atoms with Crippen molar-refractivity contribution in [2.75, 3.05) is 125 Å². The molecule has 450 valence electrons. The predicted octanol–water partition coefficient (Wildman–Crippen LogP) is -1.18. The van der Waals surface area contributed by atoms with E-state index in [0.29, 0.717) is 43.8 Å². The minimum Gasteiger partial charge on any atom is -0.480 e. The van der Waals surface area contributed by atoms with Crippen molar-refractivity contribution in [3.63, 3.8) is 0 Å². The van der Waals surface area contributed by atoms with Crippen LogP contribution < -0.4 is 69.5 Å². The molecule has 0 rings (SSSR count). The number of aliphatic hydroxyl groups is 3. The van der Waals surface area contributed by atoms with Crippen molar-refractivity contribution in [3.8, 4) is 0 Å². The van der Waals surface area contributed by atoms with E-state index in [1.165, 1.54) is 0 Å². The molecule has 0 fully saturated rings. The highest BCUT2D eigenvalue weighted by atomic mass is 16.5. The Hall–Kier alpha value is -7.30. The van der Waals surface area contributed by atoms with Crippen molar-refractivity contribution < 1.29 is 73.6 Å². The fraction of sp³-hybridized carbons (Fsp3) is 0.625. The van der Waals surface area contributed by atoms with Crippen LogP contribution in [0.3, 0.4) is 0 Å². The molecule has 0 aliphatic carbocycles. The van der Waals surface area contributed by atoms with Crippen LogP contribution in [0.1, 0.15) is 76.2 Å². The Bertz CT molecular complexity index is 1370. The van der Waals surface area contributed by atoms with Crippen LogP contribution in [0.4, 0.5) is 0 Å². The lowest BCUT2D eigenvalue weighted by Gasteiger charge is -2.09. The Kier molecular flexibility index (Phi) is 89.1. The van der Waals surface area contributed by atoms with E-state index in [2.05, 4.69) is 113 Å². The van der Waals surface area contributed by atoms with E-state index >= 15 is 0 Å². The number of nitrogens with one attached hydrogen (secondary N) is 12. The summed E-state index contributed by atoms with van der Waals surface area (Å²) in [6, 6.07) is 0. The van der Waals surface area contributed by atoms with Gasteiger partial charge in [-0.15, -0.1) is 0 Å². The SMILES string of the molecule is C=C(NCC)NCC.C=C(NCC)NCC.C=C(NCC)NCC(=O)O.C=C(NCC)NCC(=O)O.C=C(NCC)NCC(=O)OCC.C=C(NCC)NCCO.CCOC(=O)CN.CCOC(=O)CO.O=C(O)CO. The number of hydrogen-bond acceptors (Lipinski definition) is 25. The van der Waals surface area contributed by atoms with Crippen molar-refractivity contribution in [2.24, 2.45) is 5.73 Å². The molecule has 0 aliphatic rings. The lowest BCUT2D eigenvalue weighted by molar-refractivity contribution is -0.146. The second kappa shape index (κ2) is 76.6. The molecule has 28 heteroatoms. The Labute approximate surface area is 453 Å². The number of rotatable bonds is 34. The molecule has 0 aromatic rings. The van der Waals surface area contributed by atoms with E-state index in [1.807, 2.05) is 55.4 Å². The molecule has 0 amide bonds. The molecule has 0 radical (unpaired) electrons. The number of nitrogens with two attached hydrogens (primary N) is 1. The van der Waals surface area contributed by atoms with Gasteiger partial charge in [0, 0.05) is 58.9 Å². The maximum Gasteiger partial charge on any atom is 0.331 e. The topological polar surface area (TPSA) is 422 Å².